The lowest BCUT2D eigenvalue weighted by Crippen LogP contribution is -2.38. The normalized spacial score (nSPS) is 32.0. The van der Waals surface area contributed by atoms with Gasteiger partial charge in [0.05, 0.1) is 5.60 Å². The summed E-state index contributed by atoms with van der Waals surface area (Å²) in [6, 6.07) is 8.46. The molecular weight excluding hydrogens is 234 g/mol. The van der Waals surface area contributed by atoms with Crippen LogP contribution in [0.3, 0.4) is 0 Å². The second-order valence-corrected chi connectivity index (χ2v) is 6.39. The summed E-state index contributed by atoms with van der Waals surface area (Å²) >= 11 is 0. The quantitative estimate of drug-likeness (QED) is 0.901. The van der Waals surface area contributed by atoms with E-state index in [9.17, 15) is 5.11 Å². The second-order valence-electron chi connectivity index (χ2n) is 6.39. The molecule has 2 nitrogen and oxygen atoms in total. The van der Waals surface area contributed by atoms with Crippen LogP contribution in [0.2, 0.25) is 0 Å². The molecule has 1 aliphatic carbocycles. The van der Waals surface area contributed by atoms with Gasteiger partial charge in [-0.15, -0.1) is 0 Å². The van der Waals surface area contributed by atoms with Crippen molar-refractivity contribution in [3.63, 3.8) is 0 Å². The zero-order chi connectivity index (χ0) is 13.3. The topological polar surface area (TPSA) is 23.5 Å². The number of hydrogen-bond donors (Lipinski definition) is 1. The fraction of sp³-hybridized carbons (Fsp3) is 0.647. The van der Waals surface area contributed by atoms with E-state index < -0.39 is 5.60 Å². The van der Waals surface area contributed by atoms with Crippen molar-refractivity contribution in [2.75, 3.05) is 19.6 Å². The lowest BCUT2D eigenvalue weighted by molar-refractivity contribution is -0.0135. The van der Waals surface area contributed by atoms with Crippen LogP contribution in [0.25, 0.3) is 0 Å². The number of aliphatic hydroxyl groups is 1. The van der Waals surface area contributed by atoms with Crippen molar-refractivity contribution < 1.29 is 5.11 Å². The van der Waals surface area contributed by atoms with Gasteiger partial charge in [-0.25, -0.2) is 0 Å². The fourth-order valence-corrected chi connectivity index (χ4v) is 3.87. The van der Waals surface area contributed by atoms with Crippen molar-refractivity contribution >= 4 is 0 Å². The van der Waals surface area contributed by atoms with Crippen LogP contribution in [-0.2, 0) is 5.60 Å². The molecule has 1 aliphatic heterocycles. The molecule has 0 aromatic heterocycles. The second kappa shape index (κ2) is 5.26. The van der Waals surface area contributed by atoms with Gasteiger partial charge in [0.15, 0.2) is 0 Å². The molecule has 0 bridgehead atoms. The Kier molecular flexibility index (Phi) is 3.64. The van der Waals surface area contributed by atoms with E-state index in [0.29, 0.717) is 5.92 Å². The van der Waals surface area contributed by atoms with Crippen LogP contribution in [0.1, 0.15) is 43.2 Å². The molecule has 2 heteroatoms. The Morgan fingerprint density at radius 1 is 1.26 bits per heavy atom. The van der Waals surface area contributed by atoms with Crippen LogP contribution in [0, 0.1) is 12.8 Å². The maximum absolute atomic E-state index is 11.2. The van der Waals surface area contributed by atoms with Gasteiger partial charge in [-0.05, 0) is 57.7 Å². The zero-order valence-corrected chi connectivity index (χ0v) is 11.9. The number of likely N-dealkylation sites (tertiary alicyclic amines) is 1. The molecule has 1 N–H and O–H groups in total. The van der Waals surface area contributed by atoms with Crippen LogP contribution < -0.4 is 0 Å². The first-order valence-electron chi connectivity index (χ1n) is 7.70. The van der Waals surface area contributed by atoms with Crippen LogP contribution in [-0.4, -0.2) is 29.6 Å². The molecule has 3 rings (SSSR count). The predicted octanol–water partition coefficient (Wildman–Crippen LogP) is 3.08. The Balaban J connectivity index is 1.80. The van der Waals surface area contributed by atoms with Crippen molar-refractivity contribution in [1.29, 1.82) is 0 Å². The van der Waals surface area contributed by atoms with E-state index in [1.54, 1.807) is 0 Å². The van der Waals surface area contributed by atoms with Gasteiger partial charge < -0.3 is 10.0 Å². The van der Waals surface area contributed by atoms with E-state index >= 15 is 0 Å². The SMILES string of the molecule is Cc1cccc(C2(O)CCCC2CN2CCCC2)c1. The Labute approximate surface area is 116 Å². The summed E-state index contributed by atoms with van der Waals surface area (Å²) < 4.78 is 0. The third kappa shape index (κ3) is 2.56. The van der Waals surface area contributed by atoms with E-state index in [1.165, 1.54) is 37.9 Å². The average Bonchev–Trinajstić information content (AvgIpc) is 3.02. The van der Waals surface area contributed by atoms with E-state index in [-0.39, 0.29) is 0 Å². The lowest BCUT2D eigenvalue weighted by Gasteiger charge is -2.33. The Morgan fingerprint density at radius 3 is 2.79 bits per heavy atom. The minimum Gasteiger partial charge on any atom is -0.385 e. The molecule has 2 fully saturated rings. The van der Waals surface area contributed by atoms with E-state index in [0.717, 1.165) is 24.9 Å². The molecule has 0 amide bonds. The average molecular weight is 259 g/mol. The molecule has 1 saturated heterocycles. The lowest BCUT2D eigenvalue weighted by atomic mass is 9.83. The molecular formula is C17H25NO. The fourth-order valence-electron chi connectivity index (χ4n) is 3.87. The monoisotopic (exact) mass is 259 g/mol. The number of rotatable bonds is 3. The van der Waals surface area contributed by atoms with Crippen molar-refractivity contribution in [1.82, 2.24) is 4.90 Å². The molecule has 19 heavy (non-hydrogen) atoms. The smallest absolute Gasteiger partial charge is 0.0936 e. The summed E-state index contributed by atoms with van der Waals surface area (Å²) in [6.45, 7) is 5.63. The molecule has 2 unspecified atom stereocenters. The Bertz CT molecular complexity index is 439. The first-order valence-corrected chi connectivity index (χ1v) is 7.70. The van der Waals surface area contributed by atoms with Gasteiger partial charge in [0, 0.05) is 12.5 Å². The Morgan fingerprint density at radius 2 is 2.05 bits per heavy atom. The third-order valence-corrected chi connectivity index (χ3v) is 4.98. The van der Waals surface area contributed by atoms with Crippen LogP contribution >= 0.6 is 0 Å². The highest BCUT2D eigenvalue weighted by Crippen LogP contribution is 2.44. The molecule has 2 aliphatic rings. The number of aryl methyl sites for hydroxylation is 1. The van der Waals surface area contributed by atoms with E-state index in [2.05, 4.69) is 36.1 Å². The van der Waals surface area contributed by atoms with Crippen molar-refractivity contribution in [2.45, 2.75) is 44.6 Å². The van der Waals surface area contributed by atoms with Gasteiger partial charge in [-0.1, -0.05) is 29.8 Å². The number of hydrogen-bond acceptors (Lipinski definition) is 2. The minimum absolute atomic E-state index is 0.410. The first-order chi connectivity index (χ1) is 9.18. The van der Waals surface area contributed by atoms with Gasteiger partial charge >= 0.3 is 0 Å². The molecule has 1 heterocycles. The molecule has 0 spiro atoms. The standard InChI is InChI=1S/C17H25NO/c1-14-6-4-7-15(12-14)17(19)9-5-8-16(17)13-18-10-2-3-11-18/h4,6-7,12,16,19H,2-3,5,8-11,13H2,1H3. The van der Waals surface area contributed by atoms with Crippen LogP contribution in [0.5, 0.6) is 0 Å². The summed E-state index contributed by atoms with van der Waals surface area (Å²) in [5.41, 5.74) is 1.79. The molecule has 2 atom stereocenters. The van der Waals surface area contributed by atoms with Crippen molar-refractivity contribution in [2.24, 2.45) is 5.92 Å². The van der Waals surface area contributed by atoms with E-state index in [4.69, 9.17) is 0 Å². The van der Waals surface area contributed by atoms with Crippen LogP contribution in [0.4, 0.5) is 0 Å². The maximum Gasteiger partial charge on any atom is 0.0936 e. The summed E-state index contributed by atoms with van der Waals surface area (Å²) in [5, 5.41) is 11.2. The largest absolute Gasteiger partial charge is 0.385 e. The summed E-state index contributed by atoms with van der Waals surface area (Å²) in [5.74, 6) is 0.410. The van der Waals surface area contributed by atoms with Gasteiger partial charge in [0.25, 0.3) is 0 Å². The Hall–Kier alpha value is -0.860. The molecule has 1 aromatic carbocycles. The van der Waals surface area contributed by atoms with Crippen molar-refractivity contribution in [3.8, 4) is 0 Å². The molecule has 1 aromatic rings. The highest BCUT2D eigenvalue weighted by Gasteiger charge is 2.43. The highest BCUT2D eigenvalue weighted by molar-refractivity contribution is 5.29. The molecule has 104 valence electrons. The van der Waals surface area contributed by atoms with Crippen LogP contribution in [0.15, 0.2) is 24.3 Å². The van der Waals surface area contributed by atoms with Gasteiger partial charge in [0.2, 0.25) is 0 Å². The molecule has 1 saturated carbocycles. The first kappa shape index (κ1) is 13.1. The molecule has 0 radical (unpaired) electrons. The van der Waals surface area contributed by atoms with E-state index in [1.807, 2.05) is 0 Å². The predicted molar refractivity (Wildman–Crippen MR) is 78.1 cm³/mol. The minimum atomic E-state index is -0.589. The number of benzene rings is 1. The highest BCUT2D eigenvalue weighted by atomic mass is 16.3. The third-order valence-electron chi connectivity index (χ3n) is 4.98. The van der Waals surface area contributed by atoms with Gasteiger partial charge in [0.1, 0.15) is 0 Å². The summed E-state index contributed by atoms with van der Waals surface area (Å²) in [7, 11) is 0. The maximum atomic E-state index is 11.2. The summed E-state index contributed by atoms with van der Waals surface area (Å²) in [6.07, 6.45) is 5.91. The van der Waals surface area contributed by atoms with Crippen molar-refractivity contribution in [3.05, 3.63) is 35.4 Å². The van der Waals surface area contributed by atoms with Gasteiger partial charge in [-0.2, -0.15) is 0 Å². The summed E-state index contributed by atoms with van der Waals surface area (Å²) in [4.78, 5) is 2.54. The van der Waals surface area contributed by atoms with Gasteiger partial charge in [-0.3, -0.25) is 0 Å². The zero-order valence-electron chi connectivity index (χ0n) is 11.9. The number of nitrogens with zero attached hydrogens (tertiary/aromatic N) is 1.